The lowest BCUT2D eigenvalue weighted by molar-refractivity contribution is -0.146. The molecular formula is C34H38N6O10. The third-order valence-corrected chi connectivity index (χ3v) is 7.15. The minimum absolute atomic E-state index is 0.0419. The fourth-order valence-corrected chi connectivity index (χ4v) is 4.81. The van der Waals surface area contributed by atoms with Crippen molar-refractivity contribution in [3.63, 3.8) is 0 Å². The van der Waals surface area contributed by atoms with Crippen molar-refractivity contribution in [2.24, 2.45) is 10.2 Å². The van der Waals surface area contributed by atoms with E-state index in [0.717, 1.165) is 0 Å². The third kappa shape index (κ3) is 12.3. The number of carbonyl (C=O) groups excluding carboxylic acids is 2. The van der Waals surface area contributed by atoms with Crippen LogP contribution < -0.4 is 9.47 Å². The fourth-order valence-electron chi connectivity index (χ4n) is 4.81. The molecule has 3 aromatic rings. The number of azide groups is 2. The van der Waals surface area contributed by atoms with Crippen LogP contribution in [0.25, 0.3) is 20.9 Å². The molecule has 264 valence electrons. The quantitative estimate of drug-likeness (QED) is 0.128. The molecule has 4 atom stereocenters. The highest BCUT2D eigenvalue weighted by atomic mass is 16.6. The van der Waals surface area contributed by atoms with Crippen LogP contribution in [0.4, 0.5) is 0 Å². The van der Waals surface area contributed by atoms with Gasteiger partial charge >= 0.3 is 11.9 Å². The Balaban J connectivity index is 1.67. The molecule has 0 spiro atoms. The molecule has 0 saturated heterocycles. The van der Waals surface area contributed by atoms with Gasteiger partial charge in [0.1, 0.15) is 25.4 Å². The largest absolute Gasteiger partial charge is 0.487 e. The number of carbonyl (C=O) groups is 2. The van der Waals surface area contributed by atoms with Crippen LogP contribution in [0.2, 0.25) is 0 Å². The van der Waals surface area contributed by atoms with E-state index in [9.17, 15) is 20.7 Å². The lowest BCUT2D eigenvalue weighted by atomic mass is 10.0. The first-order valence-electron chi connectivity index (χ1n) is 15.9. The molecular weight excluding hydrogens is 652 g/mol. The number of para-hydroxylation sites is 2. The predicted molar refractivity (Wildman–Crippen MR) is 178 cm³/mol. The summed E-state index contributed by atoms with van der Waals surface area (Å²) in [6.07, 6.45) is -5.20. The van der Waals surface area contributed by atoms with Crippen LogP contribution in [0, 0.1) is 0 Å². The molecule has 1 aliphatic heterocycles. The lowest BCUT2D eigenvalue weighted by Gasteiger charge is -2.36. The summed E-state index contributed by atoms with van der Waals surface area (Å²) < 4.78 is 47.3. The Morgan fingerprint density at radius 2 is 0.960 bits per heavy atom. The molecule has 1 aliphatic rings. The summed E-state index contributed by atoms with van der Waals surface area (Å²) in [7, 11) is 0. The van der Waals surface area contributed by atoms with Crippen molar-refractivity contribution < 1.29 is 47.5 Å². The SMILES string of the molecule is [N-]=[N+]=NC[C@H]1OCCOCCOc2ccccc2OCCOCCO[C@H](CN=[N+]=[N-])[C@@H](OC(=O)c2ccccc2)[C@@H]1OC(=O)c1ccccc1. The van der Waals surface area contributed by atoms with E-state index in [1.165, 1.54) is 0 Å². The number of benzene rings is 3. The monoisotopic (exact) mass is 690 g/mol. The Hall–Kier alpha value is -5.34. The topological polar surface area (TPSA) is 206 Å². The van der Waals surface area contributed by atoms with Gasteiger partial charge in [-0.1, -0.05) is 58.8 Å². The zero-order valence-corrected chi connectivity index (χ0v) is 27.2. The first kappa shape index (κ1) is 37.5. The van der Waals surface area contributed by atoms with Gasteiger partial charge in [0.2, 0.25) is 0 Å². The van der Waals surface area contributed by atoms with Crippen molar-refractivity contribution in [1.29, 1.82) is 0 Å². The number of fused-ring (bicyclic) bond motifs is 1. The third-order valence-electron chi connectivity index (χ3n) is 7.15. The summed E-state index contributed by atoms with van der Waals surface area (Å²) in [5, 5.41) is 7.37. The van der Waals surface area contributed by atoms with Crippen molar-refractivity contribution in [2.45, 2.75) is 24.4 Å². The average molecular weight is 691 g/mol. The summed E-state index contributed by atoms with van der Waals surface area (Å²) >= 11 is 0. The molecule has 16 nitrogen and oxygen atoms in total. The van der Waals surface area contributed by atoms with E-state index >= 15 is 0 Å². The van der Waals surface area contributed by atoms with Gasteiger partial charge in [-0.25, -0.2) is 9.59 Å². The molecule has 0 radical (unpaired) electrons. The number of nitrogens with zero attached hydrogens (tertiary/aromatic N) is 6. The van der Waals surface area contributed by atoms with Gasteiger partial charge in [-0.3, -0.25) is 0 Å². The number of hydrogen-bond donors (Lipinski definition) is 0. The van der Waals surface area contributed by atoms with Crippen molar-refractivity contribution in [2.75, 3.05) is 65.9 Å². The maximum atomic E-state index is 13.5. The van der Waals surface area contributed by atoms with Crippen LogP contribution in [0.1, 0.15) is 20.7 Å². The number of esters is 2. The smallest absolute Gasteiger partial charge is 0.338 e. The zero-order chi connectivity index (χ0) is 35.2. The maximum Gasteiger partial charge on any atom is 0.338 e. The normalized spacial score (nSPS) is 20.9. The van der Waals surface area contributed by atoms with Gasteiger partial charge < -0.3 is 37.9 Å². The van der Waals surface area contributed by atoms with Gasteiger partial charge in [0.15, 0.2) is 23.7 Å². The second kappa shape index (κ2) is 21.6. The van der Waals surface area contributed by atoms with E-state index in [4.69, 9.17) is 37.9 Å². The van der Waals surface area contributed by atoms with Crippen molar-refractivity contribution in [3.05, 3.63) is 117 Å². The van der Waals surface area contributed by atoms with E-state index in [-0.39, 0.29) is 77.1 Å². The molecule has 50 heavy (non-hydrogen) atoms. The molecule has 0 N–H and O–H groups in total. The Morgan fingerprint density at radius 1 is 0.580 bits per heavy atom. The number of hydrogen-bond acceptors (Lipinski definition) is 12. The predicted octanol–water partition coefficient (Wildman–Crippen LogP) is 5.33. The van der Waals surface area contributed by atoms with Gasteiger partial charge in [-0.15, -0.1) is 0 Å². The molecule has 0 bridgehead atoms. The molecule has 0 aromatic heterocycles. The molecule has 3 aromatic carbocycles. The summed E-state index contributed by atoms with van der Waals surface area (Å²) in [6.45, 7) is 0.245. The minimum atomic E-state index is -1.43. The number of ether oxygens (including phenoxy) is 8. The van der Waals surface area contributed by atoms with Crippen molar-refractivity contribution in [1.82, 2.24) is 0 Å². The lowest BCUT2D eigenvalue weighted by Crippen LogP contribution is -2.53. The Kier molecular flexibility index (Phi) is 16.2. The molecule has 0 fully saturated rings. The highest BCUT2D eigenvalue weighted by molar-refractivity contribution is 5.90. The van der Waals surface area contributed by atoms with Gasteiger partial charge in [-0.05, 0) is 47.5 Å². The molecule has 0 aliphatic carbocycles. The molecule has 0 saturated carbocycles. The van der Waals surface area contributed by atoms with Gasteiger partial charge in [0.05, 0.1) is 63.9 Å². The summed E-state index contributed by atoms with van der Waals surface area (Å²) in [5.41, 5.74) is 18.9. The second-order valence-corrected chi connectivity index (χ2v) is 10.5. The second-order valence-electron chi connectivity index (χ2n) is 10.5. The maximum absolute atomic E-state index is 13.5. The Labute approximate surface area is 288 Å². The molecule has 4 rings (SSSR count). The van der Waals surface area contributed by atoms with Gasteiger partial charge in [0, 0.05) is 9.82 Å². The minimum Gasteiger partial charge on any atom is -0.487 e. The molecule has 0 unspecified atom stereocenters. The number of rotatable bonds is 8. The van der Waals surface area contributed by atoms with Crippen LogP contribution in [0.15, 0.2) is 95.2 Å². The summed E-state index contributed by atoms with van der Waals surface area (Å²) in [4.78, 5) is 32.8. The Morgan fingerprint density at radius 3 is 1.36 bits per heavy atom. The summed E-state index contributed by atoms with van der Waals surface area (Å²) in [6, 6.07) is 23.5. The first-order chi connectivity index (χ1) is 24.6. The van der Waals surface area contributed by atoms with Gasteiger partial charge in [-0.2, -0.15) is 0 Å². The van der Waals surface area contributed by atoms with Crippen LogP contribution >= 0.6 is 0 Å². The van der Waals surface area contributed by atoms with Crippen LogP contribution in [-0.2, 0) is 28.4 Å². The van der Waals surface area contributed by atoms with Gasteiger partial charge in [0.25, 0.3) is 0 Å². The van der Waals surface area contributed by atoms with Crippen LogP contribution in [0.3, 0.4) is 0 Å². The van der Waals surface area contributed by atoms with Crippen molar-refractivity contribution in [3.8, 4) is 11.5 Å². The highest BCUT2D eigenvalue weighted by Crippen LogP contribution is 2.26. The van der Waals surface area contributed by atoms with Crippen LogP contribution in [0.5, 0.6) is 11.5 Å². The van der Waals surface area contributed by atoms with Crippen molar-refractivity contribution >= 4 is 11.9 Å². The summed E-state index contributed by atoms with van der Waals surface area (Å²) in [5.74, 6) is -0.473. The van der Waals surface area contributed by atoms with E-state index in [0.29, 0.717) is 11.5 Å². The molecule has 16 heteroatoms. The standard InChI is InChI=1S/C34H38N6O10/c35-39-37-23-29-31(49-33(41)25-9-3-1-4-10-25)32(50-34(42)26-11-5-2-6-12-26)30(24-38-40-36)48-22-18-44-16-20-46-28-14-8-7-13-27(28)45-19-15-43-17-21-47-29/h1-14,29-32H,15-24H2/t29-,30-,31-,32-/m1/s1. The first-order valence-corrected chi connectivity index (χ1v) is 15.9. The fraction of sp³-hybridized carbons (Fsp3) is 0.412. The highest BCUT2D eigenvalue weighted by Gasteiger charge is 2.42. The van der Waals surface area contributed by atoms with E-state index in [2.05, 4.69) is 20.1 Å². The average Bonchev–Trinajstić information content (AvgIpc) is 3.15. The van der Waals surface area contributed by atoms with E-state index < -0.39 is 36.4 Å². The molecule has 0 amide bonds. The van der Waals surface area contributed by atoms with Crippen LogP contribution in [-0.4, -0.2) is 102 Å². The Bertz CT molecular complexity index is 1450. The van der Waals surface area contributed by atoms with E-state index in [1.54, 1.807) is 72.8 Å². The van der Waals surface area contributed by atoms with E-state index in [1.807, 2.05) is 12.1 Å². The molecule has 1 heterocycles. The zero-order valence-electron chi connectivity index (χ0n) is 27.2.